The first-order valence-electron chi connectivity index (χ1n) is 5.52. The average molecular weight is 273 g/mol. The van der Waals surface area contributed by atoms with Gasteiger partial charge in [0, 0.05) is 18.7 Å². The molecule has 0 bridgehead atoms. The molecule has 2 rings (SSSR count). The van der Waals surface area contributed by atoms with E-state index in [0.29, 0.717) is 0 Å². The van der Waals surface area contributed by atoms with Crippen LogP contribution in [0, 0.1) is 11.6 Å². The predicted octanol–water partition coefficient (Wildman–Crippen LogP) is -0.399. The molecule has 0 aromatic heterocycles. The lowest BCUT2D eigenvalue weighted by Gasteiger charge is -2.19. The van der Waals surface area contributed by atoms with Crippen molar-refractivity contribution in [3.05, 3.63) is 29.3 Å². The van der Waals surface area contributed by atoms with Crippen molar-refractivity contribution in [3.8, 4) is 0 Å². The Morgan fingerprint density at radius 2 is 1.68 bits per heavy atom. The summed E-state index contributed by atoms with van der Waals surface area (Å²) >= 11 is 0. The lowest BCUT2D eigenvalue weighted by molar-refractivity contribution is 0.0572. The van der Waals surface area contributed by atoms with Gasteiger partial charge in [-0.2, -0.15) is 0 Å². The highest BCUT2D eigenvalue weighted by molar-refractivity contribution is 5.97. The summed E-state index contributed by atoms with van der Waals surface area (Å²) in [6.45, 7) is -0.143. The van der Waals surface area contributed by atoms with Crippen molar-refractivity contribution >= 4 is 11.5 Å². The molecular weight excluding hydrogens is 260 g/mol. The fourth-order valence-corrected chi connectivity index (χ4v) is 2.03. The molecule has 1 heterocycles. The zero-order valence-electron chi connectivity index (χ0n) is 9.79. The molecule has 2 atom stereocenters. The SMILES string of the molecule is N/C(=N/O)c1cc(F)c(N2CC(O)C(O)C2)c(F)c1. The fourth-order valence-electron chi connectivity index (χ4n) is 2.03. The number of anilines is 1. The third-order valence-corrected chi connectivity index (χ3v) is 3.00. The van der Waals surface area contributed by atoms with Crippen LogP contribution in [0.1, 0.15) is 5.56 Å². The Morgan fingerprint density at radius 3 is 2.11 bits per heavy atom. The summed E-state index contributed by atoms with van der Waals surface area (Å²) in [5, 5.41) is 29.9. The van der Waals surface area contributed by atoms with Gasteiger partial charge in [-0.25, -0.2) is 8.78 Å². The number of benzene rings is 1. The van der Waals surface area contributed by atoms with Gasteiger partial charge in [-0.15, -0.1) is 0 Å². The molecule has 0 spiro atoms. The van der Waals surface area contributed by atoms with Gasteiger partial charge in [-0.05, 0) is 12.1 Å². The van der Waals surface area contributed by atoms with Crippen molar-refractivity contribution in [2.24, 2.45) is 10.9 Å². The first-order chi connectivity index (χ1) is 8.93. The zero-order chi connectivity index (χ0) is 14.2. The number of aliphatic hydroxyl groups excluding tert-OH is 2. The number of halogens is 2. The number of nitrogens with two attached hydrogens (primary N) is 1. The minimum Gasteiger partial charge on any atom is -0.409 e. The number of rotatable bonds is 2. The van der Waals surface area contributed by atoms with Crippen molar-refractivity contribution in [2.45, 2.75) is 12.2 Å². The summed E-state index contributed by atoms with van der Waals surface area (Å²) in [4.78, 5) is 1.20. The molecule has 1 aliphatic heterocycles. The molecular formula is C11H13F2N3O3. The van der Waals surface area contributed by atoms with Gasteiger partial charge >= 0.3 is 0 Å². The number of β-amino-alcohol motifs (C(OH)–C–C–N with tert-alkyl or cyclic N) is 2. The van der Waals surface area contributed by atoms with Crippen LogP contribution in [0.3, 0.4) is 0 Å². The molecule has 1 fully saturated rings. The van der Waals surface area contributed by atoms with Crippen LogP contribution in [-0.2, 0) is 0 Å². The first kappa shape index (κ1) is 13.5. The summed E-state index contributed by atoms with van der Waals surface area (Å²) in [6.07, 6.45) is -2.11. The molecule has 0 amide bonds. The molecule has 1 saturated heterocycles. The molecule has 0 aliphatic carbocycles. The number of nitrogens with zero attached hydrogens (tertiary/aromatic N) is 2. The van der Waals surface area contributed by atoms with Crippen LogP contribution in [0.4, 0.5) is 14.5 Å². The van der Waals surface area contributed by atoms with E-state index in [2.05, 4.69) is 5.16 Å². The molecule has 19 heavy (non-hydrogen) atoms. The number of amidine groups is 1. The van der Waals surface area contributed by atoms with E-state index >= 15 is 0 Å². The maximum Gasteiger partial charge on any atom is 0.170 e. The van der Waals surface area contributed by atoms with Crippen molar-refractivity contribution < 1.29 is 24.2 Å². The van der Waals surface area contributed by atoms with Gasteiger partial charge in [0.15, 0.2) is 5.84 Å². The lowest BCUT2D eigenvalue weighted by atomic mass is 10.1. The zero-order valence-corrected chi connectivity index (χ0v) is 9.79. The van der Waals surface area contributed by atoms with E-state index in [1.54, 1.807) is 0 Å². The summed E-state index contributed by atoms with van der Waals surface area (Å²) in [5.41, 5.74) is 4.80. The van der Waals surface area contributed by atoms with E-state index in [-0.39, 0.29) is 24.3 Å². The Labute approximate surface area is 107 Å². The van der Waals surface area contributed by atoms with Crippen LogP contribution >= 0.6 is 0 Å². The lowest BCUT2D eigenvalue weighted by Crippen LogP contribution is -2.24. The van der Waals surface area contributed by atoms with Gasteiger partial charge in [0.25, 0.3) is 0 Å². The third-order valence-electron chi connectivity index (χ3n) is 3.00. The third kappa shape index (κ3) is 2.45. The van der Waals surface area contributed by atoms with Crippen molar-refractivity contribution in [1.29, 1.82) is 0 Å². The molecule has 8 heteroatoms. The summed E-state index contributed by atoms with van der Waals surface area (Å²) in [5.74, 6) is -2.24. The van der Waals surface area contributed by atoms with Gasteiger partial charge < -0.3 is 26.1 Å². The molecule has 0 saturated carbocycles. The van der Waals surface area contributed by atoms with Crippen molar-refractivity contribution in [3.63, 3.8) is 0 Å². The summed E-state index contributed by atoms with van der Waals surface area (Å²) in [7, 11) is 0. The van der Waals surface area contributed by atoms with Crippen LogP contribution in [0.15, 0.2) is 17.3 Å². The van der Waals surface area contributed by atoms with Crippen molar-refractivity contribution in [1.82, 2.24) is 0 Å². The van der Waals surface area contributed by atoms with Crippen LogP contribution < -0.4 is 10.6 Å². The van der Waals surface area contributed by atoms with Crippen LogP contribution in [-0.4, -0.2) is 46.6 Å². The minimum atomic E-state index is -1.05. The van der Waals surface area contributed by atoms with E-state index < -0.39 is 29.7 Å². The second kappa shape index (κ2) is 4.98. The molecule has 0 radical (unpaired) electrons. The molecule has 1 aliphatic rings. The maximum atomic E-state index is 13.9. The van der Waals surface area contributed by atoms with E-state index in [9.17, 15) is 19.0 Å². The first-order valence-corrected chi connectivity index (χ1v) is 5.52. The predicted molar refractivity (Wildman–Crippen MR) is 63.1 cm³/mol. The Morgan fingerprint density at radius 1 is 1.21 bits per heavy atom. The average Bonchev–Trinajstić information content (AvgIpc) is 2.67. The molecule has 2 unspecified atom stereocenters. The van der Waals surface area contributed by atoms with Crippen molar-refractivity contribution in [2.75, 3.05) is 18.0 Å². The highest BCUT2D eigenvalue weighted by Gasteiger charge is 2.32. The Balaban J connectivity index is 2.38. The Hall–Kier alpha value is -1.93. The second-order valence-electron chi connectivity index (χ2n) is 4.31. The van der Waals surface area contributed by atoms with Crippen LogP contribution in [0.25, 0.3) is 0 Å². The van der Waals surface area contributed by atoms with Crippen LogP contribution in [0.2, 0.25) is 0 Å². The van der Waals surface area contributed by atoms with Gasteiger partial charge in [-0.1, -0.05) is 5.16 Å². The van der Waals surface area contributed by atoms with Crippen LogP contribution in [0.5, 0.6) is 0 Å². The molecule has 1 aromatic carbocycles. The van der Waals surface area contributed by atoms with Gasteiger partial charge in [-0.3, -0.25) is 0 Å². The smallest absolute Gasteiger partial charge is 0.170 e. The normalized spacial score (nSPS) is 24.0. The van der Waals surface area contributed by atoms with Gasteiger partial charge in [0.1, 0.15) is 17.3 Å². The van der Waals surface area contributed by atoms with E-state index in [0.717, 1.165) is 12.1 Å². The molecule has 6 nitrogen and oxygen atoms in total. The quantitative estimate of drug-likeness (QED) is 0.254. The van der Waals surface area contributed by atoms with Gasteiger partial charge in [0.05, 0.1) is 12.2 Å². The number of aliphatic hydroxyl groups is 2. The highest BCUT2D eigenvalue weighted by Crippen LogP contribution is 2.28. The monoisotopic (exact) mass is 273 g/mol. The van der Waals surface area contributed by atoms with E-state index in [1.165, 1.54) is 4.90 Å². The standard InChI is InChI=1S/C11H13F2N3O3/c12-6-1-5(11(14)15-19)2-7(13)10(6)16-3-8(17)9(18)4-16/h1-2,8-9,17-19H,3-4H2,(H2,14,15). The molecule has 5 N–H and O–H groups in total. The number of hydrogen-bond acceptors (Lipinski definition) is 5. The minimum absolute atomic E-state index is 0.0715. The Kier molecular flexibility index (Phi) is 3.54. The highest BCUT2D eigenvalue weighted by atomic mass is 19.1. The van der Waals surface area contributed by atoms with E-state index in [1.807, 2.05) is 0 Å². The second-order valence-corrected chi connectivity index (χ2v) is 4.31. The van der Waals surface area contributed by atoms with Gasteiger partial charge in [0.2, 0.25) is 0 Å². The summed E-state index contributed by atoms with van der Waals surface area (Å²) in [6, 6.07) is 1.84. The molecule has 104 valence electrons. The van der Waals surface area contributed by atoms with E-state index in [4.69, 9.17) is 10.9 Å². The number of oxime groups is 1. The Bertz CT molecular complexity index is 491. The molecule has 1 aromatic rings. The fraction of sp³-hybridized carbons (Fsp3) is 0.364. The topological polar surface area (TPSA) is 102 Å². The largest absolute Gasteiger partial charge is 0.409 e. The maximum absolute atomic E-state index is 13.9. The summed E-state index contributed by atoms with van der Waals surface area (Å²) < 4.78 is 27.8. The number of hydrogen-bond donors (Lipinski definition) is 4.